The van der Waals surface area contributed by atoms with Crippen LogP contribution in [0.4, 0.5) is 0 Å². The molecule has 2 rings (SSSR count). The van der Waals surface area contributed by atoms with Crippen LogP contribution in [-0.4, -0.2) is 32.0 Å². The van der Waals surface area contributed by atoms with E-state index in [1.807, 2.05) is 6.92 Å². The van der Waals surface area contributed by atoms with E-state index >= 15 is 0 Å². The second kappa shape index (κ2) is 4.83. The van der Waals surface area contributed by atoms with Crippen molar-refractivity contribution in [3.8, 4) is 0 Å². The molecule has 9 heteroatoms. The number of nitrogens with two attached hydrogens (primary N) is 1. The zero-order valence-corrected chi connectivity index (χ0v) is 12.7. The van der Waals surface area contributed by atoms with Gasteiger partial charge >= 0.3 is 0 Å². The van der Waals surface area contributed by atoms with Gasteiger partial charge in [0.1, 0.15) is 5.65 Å². The molecule has 0 saturated heterocycles. The summed E-state index contributed by atoms with van der Waals surface area (Å²) in [5.74, 6) is -0.250. The molecule has 0 unspecified atom stereocenters. The van der Waals surface area contributed by atoms with Crippen LogP contribution in [0.25, 0.3) is 5.65 Å². The lowest BCUT2D eigenvalue weighted by atomic mass is 10.2. The zero-order valence-electron chi connectivity index (χ0n) is 11.1. The number of primary sulfonamides is 1. The molecule has 0 amide bonds. The molecule has 0 atom stereocenters. The second-order valence-electron chi connectivity index (χ2n) is 4.29. The minimum atomic E-state index is -4.21. The molecule has 2 aromatic heterocycles. The van der Waals surface area contributed by atoms with Gasteiger partial charge in [0.2, 0.25) is 0 Å². The highest BCUT2D eigenvalue weighted by atomic mass is 32.2. The Morgan fingerprint density at radius 2 is 1.85 bits per heavy atom. The largest absolute Gasteiger partial charge is 0.288 e. The summed E-state index contributed by atoms with van der Waals surface area (Å²) in [5.41, 5.74) is 1.08. The number of sulfone groups is 1. The number of nitrogens with zero attached hydrogens (tertiary/aromatic N) is 2. The summed E-state index contributed by atoms with van der Waals surface area (Å²) in [4.78, 5) is 3.91. The molecule has 0 aliphatic carbocycles. The Morgan fingerprint density at radius 1 is 1.20 bits per heavy atom. The van der Waals surface area contributed by atoms with Crippen molar-refractivity contribution in [1.29, 1.82) is 0 Å². The SMILES string of the molecule is CCc1ccc2nc(S(=O)(=O)CC)c(S(N)(=O)=O)n2c1. The summed E-state index contributed by atoms with van der Waals surface area (Å²) in [5, 5.41) is 4.19. The second-order valence-corrected chi connectivity index (χ2v) is 7.96. The van der Waals surface area contributed by atoms with Crippen LogP contribution in [0.3, 0.4) is 0 Å². The molecular weight excluding hydrogens is 302 g/mol. The van der Waals surface area contributed by atoms with Crippen LogP contribution in [0.5, 0.6) is 0 Å². The molecule has 2 aromatic rings. The van der Waals surface area contributed by atoms with Crippen molar-refractivity contribution in [2.45, 2.75) is 30.3 Å². The van der Waals surface area contributed by atoms with E-state index in [-0.39, 0.29) is 11.4 Å². The van der Waals surface area contributed by atoms with Crippen LogP contribution in [0.2, 0.25) is 0 Å². The Labute approximate surface area is 117 Å². The molecule has 0 aliphatic rings. The molecule has 110 valence electrons. The molecule has 0 saturated carbocycles. The monoisotopic (exact) mass is 317 g/mol. The van der Waals surface area contributed by atoms with Crippen molar-refractivity contribution < 1.29 is 16.8 Å². The van der Waals surface area contributed by atoms with Crippen LogP contribution >= 0.6 is 0 Å². The Balaban J connectivity index is 2.97. The molecule has 0 radical (unpaired) electrons. The first kappa shape index (κ1) is 14.9. The summed E-state index contributed by atoms with van der Waals surface area (Å²) >= 11 is 0. The first-order chi connectivity index (χ1) is 9.20. The van der Waals surface area contributed by atoms with Gasteiger partial charge in [-0.1, -0.05) is 19.9 Å². The third kappa shape index (κ3) is 2.43. The van der Waals surface area contributed by atoms with Crippen molar-refractivity contribution in [3.05, 3.63) is 23.9 Å². The Kier molecular flexibility index (Phi) is 3.61. The summed E-state index contributed by atoms with van der Waals surface area (Å²) < 4.78 is 48.7. The van der Waals surface area contributed by atoms with E-state index < -0.39 is 29.9 Å². The lowest BCUT2D eigenvalue weighted by molar-refractivity contribution is 0.576. The standard InChI is InChI=1S/C11H15N3O4S2/c1-3-8-5-6-9-13-10(19(15,16)4-2)11(14(9)7-8)20(12,17)18/h5-7H,3-4H2,1-2H3,(H2,12,17,18). The number of hydrogen-bond donors (Lipinski definition) is 1. The summed E-state index contributed by atoms with van der Waals surface area (Å²) in [6, 6.07) is 3.33. The molecule has 0 aliphatic heterocycles. The first-order valence-electron chi connectivity index (χ1n) is 5.97. The van der Waals surface area contributed by atoms with Crippen LogP contribution < -0.4 is 5.14 Å². The average Bonchev–Trinajstić information content (AvgIpc) is 2.77. The molecule has 20 heavy (non-hydrogen) atoms. The van der Waals surface area contributed by atoms with Gasteiger partial charge in [0, 0.05) is 6.20 Å². The maximum atomic E-state index is 12.0. The van der Waals surface area contributed by atoms with E-state index in [0.717, 1.165) is 5.56 Å². The highest BCUT2D eigenvalue weighted by Crippen LogP contribution is 2.23. The number of aromatic nitrogens is 2. The molecule has 7 nitrogen and oxygen atoms in total. The Morgan fingerprint density at radius 3 is 2.35 bits per heavy atom. The number of aryl methyl sites for hydroxylation is 1. The predicted molar refractivity (Wildman–Crippen MR) is 73.7 cm³/mol. The van der Waals surface area contributed by atoms with Crippen LogP contribution in [0, 0.1) is 0 Å². The maximum Gasteiger partial charge on any atom is 0.257 e. The van der Waals surface area contributed by atoms with E-state index in [1.54, 1.807) is 12.1 Å². The van der Waals surface area contributed by atoms with Gasteiger partial charge < -0.3 is 0 Å². The highest BCUT2D eigenvalue weighted by Gasteiger charge is 2.29. The number of sulfonamides is 1. The van der Waals surface area contributed by atoms with E-state index in [2.05, 4.69) is 4.98 Å². The normalized spacial score (nSPS) is 12.9. The fourth-order valence-corrected chi connectivity index (χ4v) is 4.16. The van der Waals surface area contributed by atoms with Crippen molar-refractivity contribution in [1.82, 2.24) is 9.38 Å². The third-order valence-electron chi connectivity index (χ3n) is 2.96. The van der Waals surface area contributed by atoms with E-state index in [0.29, 0.717) is 6.42 Å². The van der Waals surface area contributed by atoms with Crippen LogP contribution in [0.1, 0.15) is 19.4 Å². The van der Waals surface area contributed by atoms with E-state index in [4.69, 9.17) is 5.14 Å². The van der Waals surface area contributed by atoms with Crippen LogP contribution in [0.15, 0.2) is 28.4 Å². The van der Waals surface area contributed by atoms with E-state index in [9.17, 15) is 16.8 Å². The molecular formula is C11H15N3O4S2. The van der Waals surface area contributed by atoms with Gasteiger partial charge in [-0.3, -0.25) is 4.40 Å². The van der Waals surface area contributed by atoms with Gasteiger partial charge in [-0.25, -0.2) is 27.0 Å². The minimum absolute atomic E-state index is 0.234. The molecule has 0 bridgehead atoms. The topological polar surface area (TPSA) is 112 Å². The fraction of sp³-hybridized carbons (Fsp3) is 0.364. The summed E-state index contributed by atoms with van der Waals surface area (Å²) in [6.07, 6.45) is 2.21. The molecule has 0 spiro atoms. The van der Waals surface area contributed by atoms with Gasteiger partial charge in [-0.2, -0.15) is 0 Å². The average molecular weight is 317 g/mol. The van der Waals surface area contributed by atoms with E-state index in [1.165, 1.54) is 17.5 Å². The summed E-state index contributed by atoms with van der Waals surface area (Å²) in [6.45, 7) is 3.32. The lowest BCUT2D eigenvalue weighted by Crippen LogP contribution is -2.19. The third-order valence-corrected chi connectivity index (χ3v) is 5.65. The van der Waals surface area contributed by atoms with Gasteiger partial charge in [0.25, 0.3) is 10.0 Å². The van der Waals surface area contributed by atoms with Crippen molar-refractivity contribution in [3.63, 3.8) is 0 Å². The van der Waals surface area contributed by atoms with Gasteiger partial charge in [-0.05, 0) is 18.1 Å². The zero-order chi connectivity index (χ0) is 15.1. The minimum Gasteiger partial charge on any atom is -0.288 e. The van der Waals surface area contributed by atoms with Crippen molar-refractivity contribution >= 4 is 25.5 Å². The molecule has 2 N–H and O–H groups in total. The number of hydrogen-bond acceptors (Lipinski definition) is 5. The first-order valence-corrected chi connectivity index (χ1v) is 9.17. The molecule has 0 fully saturated rings. The Hall–Kier alpha value is -1.45. The van der Waals surface area contributed by atoms with Gasteiger partial charge in [0.15, 0.2) is 19.9 Å². The smallest absolute Gasteiger partial charge is 0.257 e. The van der Waals surface area contributed by atoms with Crippen molar-refractivity contribution in [2.24, 2.45) is 5.14 Å². The van der Waals surface area contributed by atoms with Crippen LogP contribution in [-0.2, 0) is 26.3 Å². The number of pyridine rings is 1. The fourth-order valence-electron chi connectivity index (χ4n) is 1.85. The van der Waals surface area contributed by atoms with Gasteiger partial charge in [-0.15, -0.1) is 0 Å². The number of imidazole rings is 1. The number of rotatable bonds is 4. The predicted octanol–water partition coefficient (Wildman–Crippen LogP) is 0.338. The lowest BCUT2D eigenvalue weighted by Gasteiger charge is -2.03. The Bertz CT molecular complexity index is 866. The maximum absolute atomic E-state index is 12.0. The number of fused-ring (bicyclic) bond motifs is 1. The summed E-state index contributed by atoms with van der Waals surface area (Å²) in [7, 11) is -8.00. The van der Waals surface area contributed by atoms with Gasteiger partial charge in [0.05, 0.1) is 5.75 Å². The quantitative estimate of drug-likeness (QED) is 0.874. The van der Waals surface area contributed by atoms with Crippen molar-refractivity contribution in [2.75, 3.05) is 5.75 Å². The molecule has 0 aromatic carbocycles. The molecule has 2 heterocycles. The highest BCUT2D eigenvalue weighted by molar-refractivity contribution is 7.93.